The van der Waals surface area contributed by atoms with E-state index >= 15 is 0 Å². The van der Waals surface area contributed by atoms with Crippen LogP contribution in [0.4, 0.5) is 27.7 Å². The number of pyridine rings is 1. The maximum Gasteiger partial charge on any atom is 0.323 e. The number of nitrogens with one attached hydrogen (secondary N) is 3. The van der Waals surface area contributed by atoms with Crippen LogP contribution >= 0.6 is 0 Å². The van der Waals surface area contributed by atoms with Gasteiger partial charge in [-0.1, -0.05) is 51.1 Å². The van der Waals surface area contributed by atoms with E-state index in [1.165, 1.54) is 14.2 Å². The molecule has 0 aliphatic heterocycles. The topological polar surface area (TPSA) is 180 Å². The number of amides is 4. The Kier molecular flexibility index (Phi) is 9.88. The highest BCUT2D eigenvalue weighted by molar-refractivity contribution is 6.08. The van der Waals surface area contributed by atoms with Crippen LogP contribution in [0, 0.1) is 0 Å². The van der Waals surface area contributed by atoms with Crippen molar-refractivity contribution in [3.8, 4) is 23.0 Å². The maximum absolute atomic E-state index is 13.4. The normalized spacial score (nSPS) is 11.0. The molecule has 0 spiro atoms. The van der Waals surface area contributed by atoms with Gasteiger partial charge in [-0.15, -0.1) is 0 Å². The molecule has 0 unspecified atom stereocenters. The zero-order valence-corrected chi connectivity index (χ0v) is 27.8. The number of nitrogens with two attached hydrogens (primary N) is 2. The minimum atomic E-state index is -0.585. The van der Waals surface area contributed by atoms with E-state index in [4.69, 9.17) is 25.7 Å². The lowest BCUT2D eigenvalue weighted by molar-refractivity contribution is -0.117. The van der Waals surface area contributed by atoms with Crippen molar-refractivity contribution in [2.45, 2.75) is 32.6 Å². The Labute approximate surface area is 283 Å². The van der Waals surface area contributed by atoms with Crippen LogP contribution in [-0.2, 0) is 16.6 Å². The molecule has 5 rings (SSSR count). The van der Waals surface area contributed by atoms with Crippen molar-refractivity contribution in [2.75, 3.05) is 30.2 Å². The minimum Gasteiger partial charge on any atom is -0.497 e. The number of hydrogen-bond donors (Lipinski definition) is 5. The molecule has 1 aromatic heterocycles. The first kappa shape index (κ1) is 34.0. The lowest BCUT2D eigenvalue weighted by Crippen LogP contribution is -2.22. The molecule has 7 N–H and O–H groups in total. The Hall–Kier alpha value is -6.30. The van der Waals surface area contributed by atoms with Crippen LogP contribution in [0.5, 0.6) is 23.0 Å². The number of benzene rings is 4. The Morgan fingerprint density at radius 2 is 1.53 bits per heavy atom. The summed E-state index contributed by atoms with van der Waals surface area (Å²) in [5, 5.41) is 10.5. The molecule has 0 bridgehead atoms. The highest BCUT2D eigenvalue weighted by Crippen LogP contribution is 2.37. The molecule has 0 fully saturated rings. The molecular formula is C37H38N6O6. The van der Waals surface area contributed by atoms with E-state index in [1.807, 2.05) is 57.2 Å². The Morgan fingerprint density at radius 3 is 2.20 bits per heavy atom. The Bertz CT molecular complexity index is 2060. The van der Waals surface area contributed by atoms with Gasteiger partial charge in [0.2, 0.25) is 11.8 Å². The SMILES string of the molecule is COc1cc(Nc2cc(Oc3ccc(NC(=O)Nc4cc(C(C)(C)C)cc(CC(N)=O)c4OC)c4ccccc34)ccn2)cc(C(N)=O)c1. The van der Waals surface area contributed by atoms with Crippen molar-refractivity contribution in [3.63, 3.8) is 0 Å². The second kappa shape index (κ2) is 14.2. The van der Waals surface area contributed by atoms with E-state index in [-0.39, 0.29) is 17.4 Å². The number of aromatic nitrogens is 1. The van der Waals surface area contributed by atoms with Crippen molar-refractivity contribution in [3.05, 3.63) is 102 Å². The standard InChI is InChI=1S/C37H38N6O6/c1-37(2,3)23-14-21(17-32(38)44)34(48-5)30(18-23)43-36(46)42-29-10-11-31(28-9-7-6-8-27(28)29)49-25-12-13-40-33(20-25)41-24-15-22(35(39)45)16-26(19-24)47-4/h6-16,18-20H,17H2,1-5H3,(H2,38,44)(H2,39,45)(H,40,41)(H2,42,43,46). The number of rotatable bonds is 11. The third-order valence-corrected chi connectivity index (χ3v) is 7.64. The summed E-state index contributed by atoms with van der Waals surface area (Å²) in [4.78, 5) is 41.4. The van der Waals surface area contributed by atoms with E-state index in [2.05, 4.69) is 20.9 Å². The van der Waals surface area contributed by atoms with Gasteiger partial charge in [-0.3, -0.25) is 9.59 Å². The predicted molar refractivity (Wildman–Crippen MR) is 190 cm³/mol. The monoisotopic (exact) mass is 662 g/mol. The van der Waals surface area contributed by atoms with Crippen molar-refractivity contribution < 1.29 is 28.6 Å². The Balaban J connectivity index is 1.39. The number of carbonyl (C=O) groups is 3. The molecule has 0 saturated heterocycles. The zero-order chi connectivity index (χ0) is 35.3. The summed E-state index contributed by atoms with van der Waals surface area (Å²) in [7, 11) is 2.98. The summed E-state index contributed by atoms with van der Waals surface area (Å²) in [5.74, 6) is 1.24. The third kappa shape index (κ3) is 8.17. The lowest BCUT2D eigenvalue weighted by Gasteiger charge is -2.23. The number of methoxy groups -OCH3 is 2. The first-order chi connectivity index (χ1) is 23.3. The van der Waals surface area contributed by atoms with Crippen LogP contribution in [-0.4, -0.2) is 37.0 Å². The first-order valence-electron chi connectivity index (χ1n) is 15.3. The van der Waals surface area contributed by atoms with Gasteiger partial charge in [0.05, 0.1) is 32.0 Å². The summed E-state index contributed by atoms with van der Waals surface area (Å²) in [6.07, 6.45) is 1.55. The summed E-state index contributed by atoms with van der Waals surface area (Å²) in [5.41, 5.74) is 14.0. The average molecular weight is 663 g/mol. The molecule has 5 aromatic rings. The molecule has 4 amide bonds. The highest BCUT2D eigenvalue weighted by Gasteiger charge is 2.22. The van der Waals surface area contributed by atoms with Gasteiger partial charge < -0.3 is 41.6 Å². The Morgan fingerprint density at radius 1 is 0.796 bits per heavy atom. The molecular weight excluding hydrogens is 624 g/mol. The van der Waals surface area contributed by atoms with E-state index < -0.39 is 17.8 Å². The predicted octanol–water partition coefficient (Wildman–Crippen LogP) is 6.86. The number of carbonyl (C=O) groups excluding carboxylic acids is 3. The fourth-order valence-corrected chi connectivity index (χ4v) is 5.27. The number of nitrogens with zero attached hydrogens (tertiary/aromatic N) is 1. The van der Waals surface area contributed by atoms with Crippen LogP contribution in [0.2, 0.25) is 0 Å². The fraction of sp³-hybridized carbons (Fsp3) is 0.189. The van der Waals surface area contributed by atoms with E-state index in [9.17, 15) is 14.4 Å². The lowest BCUT2D eigenvalue weighted by atomic mass is 9.85. The molecule has 12 heteroatoms. The number of fused-ring (bicyclic) bond motifs is 1. The quantitative estimate of drug-likeness (QED) is 0.102. The maximum atomic E-state index is 13.4. The zero-order valence-electron chi connectivity index (χ0n) is 27.8. The van der Waals surface area contributed by atoms with Gasteiger partial charge in [0.1, 0.15) is 28.8 Å². The van der Waals surface area contributed by atoms with Crippen LogP contribution < -0.4 is 41.6 Å². The smallest absolute Gasteiger partial charge is 0.323 e. The fourth-order valence-electron chi connectivity index (χ4n) is 5.27. The van der Waals surface area contributed by atoms with Gasteiger partial charge in [0.15, 0.2) is 0 Å². The van der Waals surface area contributed by atoms with Crippen LogP contribution in [0.1, 0.15) is 42.3 Å². The van der Waals surface area contributed by atoms with E-state index in [0.29, 0.717) is 51.4 Å². The molecule has 0 saturated carbocycles. The average Bonchev–Trinajstić information content (AvgIpc) is 3.05. The summed E-state index contributed by atoms with van der Waals surface area (Å²) in [6.45, 7) is 6.11. The van der Waals surface area contributed by atoms with Gasteiger partial charge in [-0.05, 0) is 47.4 Å². The van der Waals surface area contributed by atoms with Crippen molar-refractivity contribution >= 4 is 51.5 Å². The van der Waals surface area contributed by atoms with Crippen LogP contribution in [0.15, 0.2) is 85.1 Å². The number of urea groups is 1. The number of primary amides is 2. The largest absolute Gasteiger partial charge is 0.497 e. The second-order valence-corrected chi connectivity index (χ2v) is 12.3. The third-order valence-electron chi connectivity index (χ3n) is 7.64. The highest BCUT2D eigenvalue weighted by atomic mass is 16.5. The molecule has 252 valence electrons. The van der Waals surface area contributed by atoms with Crippen molar-refractivity contribution in [2.24, 2.45) is 11.5 Å². The van der Waals surface area contributed by atoms with Crippen LogP contribution in [0.3, 0.4) is 0 Å². The number of ether oxygens (including phenoxy) is 3. The van der Waals surface area contributed by atoms with Crippen LogP contribution in [0.25, 0.3) is 10.8 Å². The number of anilines is 4. The molecule has 49 heavy (non-hydrogen) atoms. The number of hydrogen-bond acceptors (Lipinski definition) is 8. The van der Waals surface area contributed by atoms with Gasteiger partial charge in [-0.2, -0.15) is 0 Å². The van der Waals surface area contributed by atoms with E-state index in [1.54, 1.807) is 48.7 Å². The summed E-state index contributed by atoms with van der Waals surface area (Å²) >= 11 is 0. The molecule has 12 nitrogen and oxygen atoms in total. The molecule has 0 aliphatic carbocycles. The van der Waals surface area contributed by atoms with Gasteiger partial charge >= 0.3 is 6.03 Å². The molecule has 0 aliphatic rings. The second-order valence-electron chi connectivity index (χ2n) is 12.3. The molecule has 1 heterocycles. The minimum absolute atomic E-state index is 0.0399. The summed E-state index contributed by atoms with van der Waals surface area (Å²) in [6, 6.07) is 22.5. The van der Waals surface area contributed by atoms with Gasteiger partial charge in [0, 0.05) is 45.9 Å². The van der Waals surface area contributed by atoms with Crippen molar-refractivity contribution in [1.82, 2.24) is 4.98 Å². The van der Waals surface area contributed by atoms with Gasteiger partial charge in [0.25, 0.3) is 0 Å². The van der Waals surface area contributed by atoms with Gasteiger partial charge in [-0.25, -0.2) is 9.78 Å². The summed E-state index contributed by atoms with van der Waals surface area (Å²) < 4.78 is 17.2. The molecule has 0 atom stereocenters. The first-order valence-corrected chi connectivity index (χ1v) is 15.3. The molecule has 4 aromatic carbocycles. The molecule has 0 radical (unpaired) electrons. The van der Waals surface area contributed by atoms with E-state index in [0.717, 1.165) is 16.3 Å². The van der Waals surface area contributed by atoms with Crippen molar-refractivity contribution in [1.29, 1.82) is 0 Å².